The van der Waals surface area contributed by atoms with Crippen LogP contribution >= 0.6 is 0 Å². The number of rotatable bonds is 4. The van der Waals surface area contributed by atoms with Gasteiger partial charge in [0.1, 0.15) is 12.4 Å². The van der Waals surface area contributed by atoms with E-state index in [0.29, 0.717) is 12.5 Å². The highest BCUT2D eigenvalue weighted by molar-refractivity contribution is 5.79. The van der Waals surface area contributed by atoms with Crippen molar-refractivity contribution in [2.45, 2.75) is 56.3 Å². The van der Waals surface area contributed by atoms with Crippen LogP contribution in [-0.4, -0.2) is 29.7 Å². The van der Waals surface area contributed by atoms with E-state index in [1.807, 2.05) is 30.3 Å². The lowest BCUT2D eigenvalue weighted by Gasteiger charge is -2.44. The molecule has 1 aliphatic carbocycles. The molecule has 3 aromatic carbocycles. The lowest BCUT2D eigenvalue weighted by atomic mass is 9.83. The fourth-order valence-corrected chi connectivity index (χ4v) is 6.38. The number of carbonyl (C=O) groups excluding carboxylic acids is 1. The van der Waals surface area contributed by atoms with E-state index in [4.69, 9.17) is 4.74 Å². The van der Waals surface area contributed by atoms with E-state index in [0.717, 1.165) is 59.2 Å². The number of ether oxygens (including phenoxy) is 1. The van der Waals surface area contributed by atoms with E-state index in [9.17, 15) is 22.4 Å². The smallest absolute Gasteiger partial charge is 0.416 e. The number of hydrogen-bond acceptors (Lipinski definition) is 2. The molecule has 3 nitrogen and oxygen atoms in total. The number of halogens is 4. The van der Waals surface area contributed by atoms with Crippen molar-refractivity contribution in [3.8, 4) is 11.1 Å². The molecule has 2 aliphatic heterocycles. The highest BCUT2D eigenvalue weighted by Crippen LogP contribution is 2.45. The van der Waals surface area contributed by atoms with Gasteiger partial charge in [0.15, 0.2) is 0 Å². The first kappa shape index (κ1) is 24.7. The van der Waals surface area contributed by atoms with Crippen molar-refractivity contribution in [2.24, 2.45) is 0 Å². The molecule has 0 N–H and O–H groups in total. The number of piperidine rings is 1. The van der Waals surface area contributed by atoms with Crippen LogP contribution in [0.25, 0.3) is 11.1 Å². The lowest BCUT2D eigenvalue weighted by Crippen LogP contribution is -2.52. The molecule has 0 saturated carbocycles. The Balaban J connectivity index is 1.18. The second kappa shape index (κ2) is 9.61. The number of amides is 1. The van der Waals surface area contributed by atoms with Crippen molar-refractivity contribution in [3.05, 3.63) is 106 Å². The number of nitrogens with zero attached hydrogens (tertiary/aromatic N) is 1. The standard InChI is InChI=1S/C31H27F4NO2/c32-22-14-19(13-21(17-22)31(33,34)35)12-20-15-23-6-5-7-24(16-20)36(23)30(37)38-18-29-27-10-3-1-8-25(27)26-9-2-4-11-28(26)29/h1-4,8-11,13-15,17,23-24,29H,5-7,12,16,18H2. The zero-order chi connectivity index (χ0) is 26.4. The molecule has 1 saturated heterocycles. The molecule has 0 spiro atoms. The average Bonchev–Trinajstić information content (AvgIpc) is 3.19. The minimum absolute atomic E-state index is 0.0297. The number of fused-ring (bicyclic) bond motifs is 5. The van der Waals surface area contributed by atoms with Crippen molar-refractivity contribution < 1.29 is 27.1 Å². The van der Waals surface area contributed by atoms with Gasteiger partial charge in [-0.25, -0.2) is 9.18 Å². The first-order valence-electron chi connectivity index (χ1n) is 13.0. The van der Waals surface area contributed by atoms with Crippen molar-refractivity contribution in [3.63, 3.8) is 0 Å². The number of carbonyl (C=O) groups is 1. The topological polar surface area (TPSA) is 29.5 Å². The zero-order valence-corrected chi connectivity index (χ0v) is 20.7. The number of benzene rings is 3. The van der Waals surface area contributed by atoms with E-state index < -0.39 is 17.6 Å². The third-order valence-electron chi connectivity index (χ3n) is 7.98. The Bertz CT molecular complexity index is 1370. The van der Waals surface area contributed by atoms with Crippen molar-refractivity contribution in [2.75, 3.05) is 6.61 Å². The predicted octanol–water partition coefficient (Wildman–Crippen LogP) is 7.89. The Kier molecular flexibility index (Phi) is 6.25. The van der Waals surface area contributed by atoms with Gasteiger partial charge in [-0.1, -0.05) is 60.2 Å². The maximum atomic E-state index is 13.9. The first-order chi connectivity index (χ1) is 18.3. The fourth-order valence-electron chi connectivity index (χ4n) is 6.38. The summed E-state index contributed by atoms with van der Waals surface area (Å²) in [5, 5.41) is 0. The maximum absolute atomic E-state index is 13.9. The first-order valence-corrected chi connectivity index (χ1v) is 13.0. The molecule has 196 valence electrons. The van der Waals surface area contributed by atoms with Gasteiger partial charge in [-0.05, 0) is 78.1 Å². The molecule has 1 amide bonds. The van der Waals surface area contributed by atoms with Gasteiger partial charge in [-0.3, -0.25) is 4.90 Å². The normalized spacial score (nSPS) is 20.5. The van der Waals surface area contributed by atoms with Gasteiger partial charge in [0, 0.05) is 12.0 Å². The lowest BCUT2D eigenvalue weighted by molar-refractivity contribution is -0.137. The van der Waals surface area contributed by atoms with Gasteiger partial charge in [-0.15, -0.1) is 0 Å². The van der Waals surface area contributed by atoms with Crippen LogP contribution in [0.3, 0.4) is 0 Å². The maximum Gasteiger partial charge on any atom is 0.416 e. The predicted molar refractivity (Wildman–Crippen MR) is 136 cm³/mol. The minimum Gasteiger partial charge on any atom is -0.448 e. The highest BCUT2D eigenvalue weighted by Gasteiger charge is 2.39. The molecule has 2 heterocycles. The molecule has 7 heteroatoms. The summed E-state index contributed by atoms with van der Waals surface area (Å²) in [7, 11) is 0. The largest absolute Gasteiger partial charge is 0.448 e. The molecule has 38 heavy (non-hydrogen) atoms. The highest BCUT2D eigenvalue weighted by atomic mass is 19.4. The summed E-state index contributed by atoms with van der Waals surface area (Å²) >= 11 is 0. The van der Waals surface area contributed by atoms with Crippen molar-refractivity contribution in [1.29, 1.82) is 0 Å². The molecule has 3 aromatic rings. The Labute approximate surface area is 218 Å². The molecule has 1 fully saturated rings. The van der Waals surface area contributed by atoms with Crippen LogP contribution in [0.2, 0.25) is 0 Å². The van der Waals surface area contributed by atoms with E-state index >= 15 is 0 Å². The van der Waals surface area contributed by atoms with E-state index in [1.54, 1.807) is 4.90 Å². The summed E-state index contributed by atoms with van der Waals surface area (Å²) < 4.78 is 59.3. The quantitative estimate of drug-likeness (QED) is 0.258. The van der Waals surface area contributed by atoms with E-state index in [2.05, 4.69) is 24.3 Å². The summed E-state index contributed by atoms with van der Waals surface area (Å²) in [5.41, 5.74) is 4.86. The second-order valence-electron chi connectivity index (χ2n) is 10.4. The molecule has 3 aliphatic rings. The molecular weight excluding hydrogens is 494 g/mol. The summed E-state index contributed by atoms with van der Waals surface area (Å²) in [4.78, 5) is 15.2. The fraction of sp³-hybridized carbons (Fsp3) is 0.323. The number of alkyl halides is 3. The van der Waals surface area contributed by atoms with Crippen molar-refractivity contribution >= 4 is 6.09 Å². The number of hydrogen-bond donors (Lipinski definition) is 0. The van der Waals surface area contributed by atoms with E-state index in [1.165, 1.54) is 0 Å². The summed E-state index contributed by atoms with van der Waals surface area (Å²) in [5.74, 6) is -0.926. The molecular formula is C31H27F4NO2. The van der Waals surface area contributed by atoms with Gasteiger partial charge in [0.25, 0.3) is 0 Å². The van der Waals surface area contributed by atoms with Crippen LogP contribution in [-0.2, 0) is 17.3 Å². The van der Waals surface area contributed by atoms with Gasteiger partial charge in [0.2, 0.25) is 0 Å². The van der Waals surface area contributed by atoms with Crippen molar-refractivity contribution in [1.82, 2.24) is 4.90 Å². The Morgan fingerprint density at radius 2 is 1.63 bits per heavy atom. The molecule has 6 rings (SSSR count). The summed E-state index contributed by atoms with van der Waals surface area (Å²) in [6, 6.07) is 18.8. The molecule has 0 radical (unpaired) electrons. The molecule has 0 aromatic heterocycles. The van der Waals surface area contributed by atoms with Gasteiger partial charge in [-0.2, -0.15) is 13.2 Å². The van der Waals surface area contributed by atoms with Crippen LogP contribution in [0.15, 0.2) is 78.4 Å². The second-order valence-corrected chi connectivity index (χ2v) is 10.4. The minimum atomic E-state index is -4.60. The van der Waals surface area contributed by atoms with E-state index in [-0.39, 0.29) is 42.7 Å². The van der Waals surface area contributed by atoms with Gasteiger partial charge < -0.3 is 4.74 Å². The van der Waals surface area contributed by atoms with Gasteiger partial charge in [0.05, 0.1) is 11.6 Å². The Hall–Kier alpha value is -3.61. The summed E-state index contributed by atoms with van der Waals surface area (Å²) in [6.45, 7) is 0.239. The molecule has 2 bridgehead atoms. The summed E-state index contributed by atoms with van der Waals surface area (Å²) in [6.07, 6.45) is 0.303. The van der Waals surface area contributed by atoms with Gasteiger partial charge >= 0.3 is 12.3 Å². The van der Waals surface area contributed by atoms with Crippen LogP contribution in [0.1, 0.15) is 53.9 Å². The Morgan fingerprint density at radius 1 is 0.947 bits per heavy atom. The molecule has 2 unspecified atom stereocenters. The monoisotopic (exact) mass is 521 g/mol. The SMILES string of the molecule is O=C(OCC1c2ccccc2-c2ccccc21)N1C2C=C(Cc3cc(F)cc(C(F)(F)F)c3)CC1CCC2. The Morgan fingerprint density at radius 3 is 2.29 bits per heavy atom. The van der Waals surface area contributed by atoms with Crippen LogP contribution in [0.5, 0.6) is 0 Å². The third kappa shape index (κ3) is 4.59. The average molecular weight is 522 g/mol. The third-order valence-corrected chi connectivity index (χ3v) is 7.98. The van der Waals surface area contributed by atoms with Crippen LogP contribution in [0.4, 0.5) is 22.4 Å². The zero-order valence-electron chi connectivity index (χ0n) is 20.7. The molecule has 2 atom stereocenters. The van der Waals surface area contributed by atoms with Crippen LogP contribution in [0, 0.1) is 5.82 Å². The van der Waals surface area contributed by atoms with Crippen LogP contribution < -0.4 is 0 Å².